The Bertz CT molecular complexity index is 560. The van der Waals surface area contributed by atoms with Crippen molar-refractivity contribution in [3.05, 3.63) is 59.9 Å². The van der Waals surface area contributed by atoms with E-state index >= 15 is 0 Å². The molecule has 1 N–H and O–H groups in total. The van der Waals surface area contributed by atoms with Crippen LogP contribution in [0.1, 0.15) is 18.5 Å². The van der Waals surface area contributed by atoms with Crippen LogP contribution in [-0.4, -0.2) is 20.3 Å². The second kappa shape index (κ2) is 7.64. The van der Waals surface area contributed by atoms with E-state index in [1.54, 1.807) is 6.07 Å². The lowest BCUT2D eigenvalue weighted by atomic mass is 10.1. The standard InChI is InChI=1S/C17H20FNO2/c1-13(19-2)15-9-6-10-16(18)17(15)21-12-11-20-14-7-4-3-5-8-14/h3-10,13,19H,11-12H2,1-2H3. The normalized spacial score (nSPS) is 12.0. The molecule has 0 fully saturated rings. The molecule has 0 aromatic heterocycles. The predicted molar refractivity (Wildman–Crippen MR) is 81.3 cm³/mol. The molecule has 1 atom stereocenters. The van der Waals surface area contributed by atoms with Gasteiger partial charge in [-0.3, -0.25) is 0 Å². The van der Waals surface area contributed by atoms with Gasteiger partial charge in [-0.05, 0) is 32.2 Å². The van der Waals surface area contributed by atoms with Gasteiger partial charge >= 0.3 is 0 Å². The number of benzene rings is 2. The number of para-hydroxylation sites is 2. The van der Waals surface area contributed by atoms with E-state index in [-0.39, 0.29) is 17.6 Å². The maximum absolute atomic E-state index is 13.9. The molecule has 2 aromatic rings. The fourth-order valence-electron chi connectivity index (χ4n) is 1.99. The fraction of sp³-hybridized carbons (Fsp3) is 0.294. The molecular formula is C17H20FNO2. The molecule has 0 aliphatic carbocycles. The summed E-state index contributed by atoms with van der Waals surface area (Å²) in [5, 5.41) is 3.09. The number of halogens is 1. The summed E-state index contributed by atoms with van der Waals surface area (Å²) in [5.74, 6) is 0.712. The van der Waals surface area contributed by atoms with Gasteiger partial charge in [0, 0.05) is 11.6 Å². The summed E-state index contributed by atoms with van der Waals surface area (Å²) in [4.78, 5) is 0. The molecule has 0 saturated heterocycles. The summed E-state index contributed by atoms with van der Waals surface area (Å²) < 4.78 is 25.0. The number of rotatable bonds is 7. The third kappa shape index (κ3) is 4.20. The number of hydrogen-bond donors (Lipinski definition) is 1. The van der Waals surface area contributed by atoms with Crippen molar-refractivity contribution < 1.29 is 13.9 Å². The molecule has 3 nitrogen and oxygen atoms in total. The Kier molecular flexibility index (Phi) is 5.58. The average molecular weight is 289 g/mol. The van der Waals surface area contributed by atoms with E-state index in [0.717, 1.165) is 11.3 Å². The SMILES string of the molecule is CNC(C)c1cccc(F)c1OCCOc1ccccc1. The first-order chi connectivity index (χ1) is 10.2. The molecule has 112 valence electrons. The minimum absolute atomic E-state index is 0.0192. The molecule has 0 aliphatic rings. The summed E-state index contributed by atoms with van der Waals surface area (Å²) >= 11 is 0. The van der Waals surface area contributed by atoms with Crippen molar-refractivity contribution in [1.82, 2.24) is 5.32 Å². The monoisotopic (exact) mass is 289 g/mol. The van der Waals surface area contributed by atoms with Gasteiger partial charge in [0.25, 0.3) is 0 Å². The minimum Gasteiger partial charge on any atom is -0.490 e. The Hall–Kier alpha value is -2.07. The zero-order chi connectivity index (χ0) is 15.1. The number of hydrogen-bond acceptors (Lipinski definition) is 3. The van der Waals surface area contributed by atoms with E-state index in [1.165, 1.54) is 6.07 Å². The van der Waals surface area contributed by atoms with Crippen LogP contribution in [0.3, 0.4) is 0 Å². The fourth-order valence-corrected chi connectivity index (χ4v) is 1.99. The van der Waals surface area contributed by atoms with Gasteiger partial charge in [-0.2, -0.15) is 0 Å². The van der Waals surface area contributed by atoms with Crippen LogP contribution in [0.5, 0.6) is 11.5 Å². The highest BCUT2D eigenvalue weighted by Crippen LogP contribution is 2.27. The minimum atomic E-state index is -0.352. The molecule has 0 saturated carbocycles. The second-order valence-corrected chi connectivity index (χ2v) is 4.68. The van der Waals surface area contributed by atoms with E-state index in [1.807, 2.05) is 50.4 Å². The largest absolute Gasteiger partial charge is 0.490 e. The zero-order valence-corrected chi connectivity index (χ0v) is 12.3. The molecule has 0 radical (unpaired) electrons. The van der Waals surface area contributed by atoms with Gasteiger partial charge < -0.3 is 14.8 Å². The molecule has 1 unspecified atom stereocenters. The van der Waals surface area contributed by atoms with Crippen LogP contribution in [0.25, 0.3) is 0 Å². The van der Waals surface area contributed by atoms with Gasteiger partial charge in [0.15, 0.2) is 11.6 Å². The van der Waals surface area contributed by atoms with Gasteiger partial charge in [0.1, 0.15) is 19.0 Å². The van der Waals surface area contributed by atoms with Crippen molar-refractivity contribution in [2.45, 2.75) is 13.0 Å². The number of ether oxygens (including phenoxy) is 2. The Morgan fingerprint density at radius 2 is 1.71 bits per heavy atom. The second-order valence-electron chi connectivity index (χ2n) is 4.68. The van der Waals surface area contributed by atoms with Crippen molar-refractivity contribution in [2.24, 2.45) is 0 Å². The Labute approximate surface area is 124 Å². The maximum atomic E-state index is 13.9. The summed E-state index contributed by atoms with van der Waals surface area (Å²) in [6.45, 7) is 2.62. The van der Waals surface area contributed by atoms with Gasteiger partial charge in [-0.25, -0.2) is 4.39 Å². The summed E-state index contributed by atoms with van der Waals surface area (Å²) in [7, 11) is 1.83. The molecule has 2 aromatic carbocycles. The molecule has 0 bridgehead atoms. The first-order valence-corrected chi connectivity index (χ1v) is 6.98. The topological polar surface area (TPSA) is 30.5 Å². The van der Waals surface area contributed by atoms with E-state index in [4.69, 9.17) is 9.47 Å². The molecule has 0 amide bonds. The van der Waals surface area contributed by atoms with Crippen LogP contribution < -0.4 is 14.8 Å². The summed E-state index contributed by atoms with van der Waals surface area (Å²) in [5.41, 5.74) is 0.803. The highest BCUT2D eigenvalue weighted by Gasteiger charge is 2.14. The van der Waals surface area contributed by atoms with Crippen LogP contribution in [0.15, 0.2) is 48.5 Å². The van der Waals surface area contributed by atoms with Crippen molar-refractivity contribution in [3.8, 4) is 11.5 Å². The lowest BCUT2D eigenvalue weighted by Gasteiger charge is -2.17. The van der Waals surface area contributed by atoms with Crippen molar-refractivity contribution >= 4 is 0 Å². The highest BCUT2D eigenvalue weighted by atomic mass is 19.1. The van der Waals surface area contributed by atoms with Crippen molar-refractivity contribution in [3.63, 3.8) is 0 Å². The van der Waals surface area contributed by atoms with Gasteiger partial charge in [0.2, 0.25) is 0 Å². The molecule has 21 heavy (non-hydrogen) atoms. The van der Waals surface area contributed by atoms with Gasteiger partial charge in [0.05, 0.1) is 0 Å². The molecule has 0 spiro atoms. The number of nitrogens with one attached hydrogen (secondary N) is 1. The van der Waals surface area contributed by atoms with Crippen molar-refractivity contribution in [1.29, 1.82) is 0 Å². The van der Waals surface area contributed by atoms with Crippen LogP contribution in [-0.2, 0) is 0 Å². The third-order valence-electron chi connectivity index (χ3n) is 3.24. The molecule has 0 aliphatic heterocycles. The van der Waals surface area contributed by atoms with E-state index in [0.29, 0.717) is 13.2 Å². The molecule has 0 heterocycles. The van der Waals surface area contributed by atoms with E-state index < -0.39 is 0 Å². The Balaban J connectivity index is 1.93. The Morgan fingerprint density at radius 1 is 1.00 bits per heavy atom. The molecule has 2 rings (SSSR count). The van der Waals surface area contributed by atoms with Gasteiger partial charge in [-0.1, -0.05) is 30.3 Å². The lowest BCUT2D eigenvalue weighted by molar-refractivity contribution is 0.209. The highest BCUT2D eigenvalue weighted by molar-refractivity contribution is 5.37. The molecular weight excluding hydrogens is 269 g/mol. The lowest BCUT2D eigenvalue weighted by Crippen LogP contribution is -2.16. The third-order valence-corrected chi connectivity index (χ3v) is 3.24. The summed E-state index contributed by atoms with van der Waals surface area (Å²) in [6.07, 6.45) is 0. The average Bonchev–Trinajstić information content (AvgIpc) is 2.53. The predicted octanol–water partition coefficient (Wildman–Crippen LogP) is 3.56. The van der Waals surface area contributed by atoms with Crippen molar-refractivity contribution in [2.75, 3.05) is 20.3 Å². The first-order valence-electron chi connectivity index (χ1n) is 6.98. The van der Waals surface area contributed by atoms with Crippen LogP contribution in [0.2, 0.25) is 0 Å². The quantitative estimate of drug-likeness (QED) is 0.791. The van der Waals surface area contributed by atoms with Crippen LogP contribution >= 0.6 is 0 Å². The maximum Gasteiger partial charge on any atom is 0.165 e. The van der Waals surface area contributed by atoms with Crippen LogP contribution in [0.4, 0.5) is 4.39 Å². The first kappa shape index (κ1) is 15.3. The van der Waals surface area contributed by atoms with Gasteiger partial charge in [-0.15, -0.1) is 0 Å². The van der Waals surface area contributed by atoms with E-state index in [2.05, 4.69) is 5.32 Å². The van der Waals surface area contributed by atoms with Crippen LogP contribution in [0, 0.1) is 5.82 Å². The summed E-state index contributed by atoms with van der Waals surface area (Å²) in [6, 6.07) is 14.4. The van der Waals surface area contributed by atoms with E-state index in [9.17, 15) is 4.39 Å². The zero-order valence-electron chi connectivity index (χ0n) is 12.3. The smallest absolute Gasteiger partial charge is 0.165 e. The Morgan fingerprint density at radius 3 is 2.43 bits per heavy atom. The molecule has 4 heteroatoms.